The first-order chi connectivity index (χ1) is 14.7. The number of rotatable bonds is 3. The van der Waals surface area contributed by atoms with Gasteiger partial charge in [0.2, 0.25) is 0 Å². The van der Waals surface area contributed by atoms with Gasteiger partial charge in [-0.25, -0.2) is 4.98 Å². The molecule has 166 valence electrons. The maximum absolute atomic E-state index is 13.4. The minimum atomic E-state index is -0.839. The summed E-state index contributed by atoms with van der Waals surface area (Å²) in [6, 6.07) is 4.89. The van der Waals surface area contributed by atoms with Crippen LogP contribution in [0.1, 0.15) is 35.9 Å². The number of anilines is 1. The van der Waals surface area contributed by atoms with E-state index in [2.05, 4.69) is 4.98 Å². The molecule has 1 spiro atoms. The van der Waals surface area contributed by atoms with Crippen LogP contribution in [0.2, 0.25) is 10.0 Å². The fourth-order valence-electron chi connectivity index (χ4n) is 4.64. The highest BCUT2D eigenvalue weighted by atomic mass is 35.5. The van der Waals surface area contributed by atoms with Crippen LogP contribution in [0.15, 0.2) is 23.0 Å². The molecule has 4 rings (SSSR count). The third-order valence-electron chi connectivity index (χ3n) is 6.56. The van der Waals surface area contributed by atoms with Crippen molar-refractivity contribution in [2.45, 2.75) is 38.8 Å². The Labute approximate surface area is 190 Å². The second-order valence-corrected chi connectivity index (χ2v) is 9.11. The number of carbonyl (C=O) groups excluding carboxylic acids is 1. The Bertz CT molecular complexity index is 1100. The van der Waals surface area contributed by atoms with E-state index in [1.165, 1.54) is 4.57 Å². The number of benzene rings is 1. The van der Waals surface area contributed by atoms with Crippen LogP contribution < -0.4 is 21.9 Å². The number of amides is 1. The molecule has 2 aliphatic rings. The van der Waals surface area contributed by atoms with Crippen LogP contribution in [0.4, 0.5) is 5.82 Å². The molecule has 3 heterocycles. The van der Waals surface area contributed by atoms with Gasteiger partial charge in [0.25, 0.3) is 11.5 Å². The molecule has 2 aliphatic heterocycles. The van der Waals surface area contributed by atoms with Crippen molar-refractivity contribution in [3.8, 4) is 5.69 Å². The number of hydrogen-bond donors (Lipinski definition) is 2. The number of primary amides is 1. The molecule has 0 unspecified atom stereocenters. The van der Waals surface area contributed by atoms with Gasteiger partial charge >= 0.3 is 0 Å². The van der Waals surface area contributed by atoms with Gasteiger partial charge in [0.15, 0.2) is 0 Å². The molecule has 1 aromatic carbocycles. The van der Waals surface area contributed by atoms with Crippen molar-refractivity contribution in [3.63, 3.8) is 0 Å². The van der Waals surface area contributed by atoms with Crippen molar-refractivity contribution in [3.05, 3.63) is 50.0 Å². The SMILES string of the molecule is Cc1nc(N2CCC3(CC2)CO[C@@H](C)[C@H]3N)c(C(N)=O)c(=O)n1-c1cccc(Cl)c1Cl. The smallest absolute Gasteiger partial charge is 0.273 e. The molecular formula is C21H25Cl2N5O3. The summed E-state index contributed by atoms with van der Waals surface area (Å²) in [4.78, 5) is 32.2. The average Bonchev–Trinajstić information content (AvgIpc) is 2.99. The van der Waals surface area contributed by atoms with Crippen LogP contribution in [0.5, 0.6) is 0 Å². The van der Waals surface area contributed by atoms with Crippen molar-refractivity contribution in [2.75, 3.05) is 24.6 Å². The van der Waals surface area contributed by atoms with Gasteiger partial charge in [-0.15, -0.1) is 0 Å². The van der Waals surface area contributed by atoms with Gasteiger partial charge in [-0.3, -0.25) is 14.2 Å². The Morgan fingerprint density at radius 1 is 1.29 bits per heavy atom. The highest BCUT2D eigenvalue weighted by Gasteiger charge is 2.48. The van der Waals surface area contributed by atoms with E-state index in [0.717, 1.165) is 12.8 Å². The first-order valence-electron chi connectivity index (χ1n) is 10.2. The second kappa shape index (κ2) is 8.09. The van der Waals surface area contributed by atoms with Crippen LogP contribution in [0.25, 0.3) is 5.69 Å². The Hall–Kier alpha value is -2.13. The van der Waals surface area contributed by atoms with E-state index in [4.69, 9.17) is 39.4 Å². The number of aryl methyl sites for hydroxylation is 1. The first kappa shape index (κ1) is 22.1. The highest BCUT2D eigenvalue weighted by Crippen LogP contribution is 2.42. The third-order valence-corrected chi connectivity index (χ3v) is 7.36. The number of aromatic nitrogens is 2. The quantitative estimate of drug-likeness (QED) is 0.717. The van der Waals surface area contributed by atoms with E-state index in [9.17, 15) is 9.59 Å². The molecule has 1 amide bonds. The van der Waals surface area contributed by atoms with Crippen LogP contribution in [0, 0.1) is 12.3 Å². The van der Waals surface area contributed by atoms with Crippen molar-refractivity contribution in [1.82, 2.24) is 9.55 Å². The number of nitrogens with two attached hydrogens (primary N) is 2. The number of halogens is 2. The van der Waals surface area contributed by atoms with Gasteiger partial charge in [-0.1, -0.05) is 29.3 Å². The molecule has 2 fully saturated rings. The van der Waals surface area contributed by atoms with E-state index in [0.29, 0.717) is 42.0 Å². The first-order valence-corrected chi connectivity index (χ1v) is 10.9. The summed E-state index contributed by atoms with van der Waals surface area (Å²) in [6.45, 7) is 5.48. The molecule has 0 saturated carbocycles. The Morgan fingerprint density at radius 3 is 2.55 bits per heavy atom. The largest absolute Gasteiger partial charge is 0.376 e. The lowest BCUT2D eigenvalue weighted by atomic mass is 9.73. The summed E-state index contributed by atoms with van der Waals surface area (Å²) in [7, 11) is 0. The fourth-order valence-corrected chi connectivity index (χ4v) is 5.02. The van der Waals surface area contributed by atoms with E-state index < -0.39 is 11.5 Å². The molecule has 10 heteroatoms. The summed E-state index contributed by atoms with van der Waals surface area (Å²) in [5, 5.41) is 0.490. The standard InChI is InChI=1S/C21H25Cl2N5O3/c1-11-17(24)21(10-31-11)6-8-27(9-7-21)19-15(18(25)29)20(30)28(12(2)26-19)14-5-3-4-13(22)16(14)23/h3-5,11,17H,6-10,24H2,1-2H3,(H2,25,29)/t11-,17+/m0/s1. The maximum Gasteiger partial charge on any atom is 0.273 e. The monoisotopic (exact) mass is 465 g/mol. The van der Waals surface area contributed by atoms with Crippen molar-refractivity contribution in [2.24, 2.45) is 16.9 Å². The molecule has 0 bridgehead atoms. The molecule has 0 radical (unpaired) electrons. The molecule has 0 aliphatic carbocycles. The topological polar surface area (TPSA) is 116 Å². The lowest BCUT2D eigenvalue weighted by Crippen LogP contribution is -2.51. The lowest BCUT2D eigenvalue weighted by molar-refractivity contribution is 0.0969. The Balaban J connectivity index is 1.74. The summed E-state index contributed by atoms with van der Waals surface area (Å²) in [5.41, 5.74) is 11.5. The van der Waals surface area contributed by atoms with E-state index >= 15 is 0 Å². The van der Waals surface area contributed by atoms with Crippen LogP contribution in [-0.2, 0) is 4.74 Å². The molecule has 2 atom stereocenters. The van der Waals surface area contributed by atoms with Gasteiger partial charge in [0.05, 0.1) is 28.4 Å². The summed E-state index contributed by atoms with van der Waals surface area (Å²) < 4.78 is 7.04. The number of piperidine rings is 1. The number of ether oxygens (including phenoxy) is 1. The van der Waals surface area contributed by atoms with Crippen LogP contribution in [-0.4, -0.2) is 47.3 Å². The molecule has 2 aromatic rings. The molecule has 31 heavy (non-hydrogen) atoms. The van der Waals surface area contributed by atoms with Gasteiger partial charge in [-0.2, -0.15) is 0 Å². The van der Waals surface area contributed by atoms with Crippen LogP contribution in [0.3, 0.4) is 0 Å². The Kier molecular flexibility index (Phi) is 5.76. The fraction of sp³-hybridized carbons (Fsp3) is 0.476. The Morgan fingerprint density at radius 2 is 1.97 bits per heavy atom. The molecule has 4 N–H and O–H groups in total. The maximum atomic E-state index is 13.4. The molecule has 8 nitrogen and oxygen atoms in total. The van der Waals surface area contributed by atoms with E-state index in [-0.39, 0.29) is 28.1 Å². The van der Waals surface area contributed by atoms with Gasteiger partial charge in [0.1, 0.15) is 17.2 Å². The summed E-state index contributed by atoms with van der Waals surface area (Å²) in [5.74, 6) is -0.169. The van der Waals surface area contributed by atoms with Gasteiger partial charge in [0, 0.05) is 24.5 Å². The number of nitrogens with zero attached hydrogens (tertiary/aromatic N) is 3. The van der Waals surface area contributed by atoms with Crippen molar-refractivity contribution in [1.29, 1.82) is 0 Å². The lowest BCUT2D eigenvalue weighted by Gasteiger charge is -2.42. The second-order valence-electron chi connectivity index (χ2n) is 8.33. The number of carbonyl (C=O) groups is 1. The van der Waals surface area contributed by atoms with Gasteiger partial charge in [-0.05, 0) is 38.8 Å². The van der Waals surface area contributed by atoms with Crippen molar-refractivity contribution < 1.29 is 9.53 Å². The minimum absolute atomic E-state index is 0.0134. The summed E-state index contributed by atoms with van der Waals surface area (Å²) in [6.07, 6.45) is 1.57. The average molecular weight is 466 g/mol. The van der Waals surface area contributed by atoms with Crippen LogP contribution >= 0.6 is 23.2 Å². The molecular weight excluding hydrogens is 441 g/mol. The zero-order valence-corrected chi connectivity index (χ0v) is 18.9. The zero-order valence-electron chi connectivity index (χ0n) is 17.4. The van der Waals surface area contributed by atoms with E-state index in [1.807, 2.05) is 11.8 Å². The minimum Gasteiger partial charge on any atom is -0.376 e. The molecule has 2 saturated heterocycles. The van der Waals surface area contributed by atoms with E-state index in [1.54, 1.807) is 25.1 Å². The zero-order chi connectivity index (χ0) is 22.5. The predicted octanol–water partition coefficient (Wildman–Crippen LogP) is 2.28. The summed E-state index contributed by atoms with van der Waals surface area (Å²) >= 11 is 12.4. The number of hydrogen-bond acceptors (Lipinski definition) is 6. The highest BCUT2D eigenvalue weighted by molar-refractivity contribution is 6.43. The normalized spacial score (nSPS) is 22.8. The third kappa shape index (κ3) is 3.61. The van der Waals surface area contributed by atoms with Gasteiger partial charge < -0.3 is 21.1 Å². The molecule has 1 aromatic heterocycles. The van der Waals surface area contributed by atoms with Crippen molar-refractivity contribution >= 4 is 34.9 Å². The predicted molar refractivity (Wildman–Crippen MR) is 120 cm³/mol.